The van der Waals surface area contributed by atoms with Crippen molar-refractivity contribution >= 4 is 5.97 Å². The largest absolute Gasteiger partial charge is 0.497 e. The van der Waals surface area contributed by atoms with Crippen molar-refractivity contribution in [2.24, 2.45) is 0 Å². The Kier molecular flexibility index (Phi) is 14.0. The highest BCUT2D eigenvalue weighted by Crippen LogP contribution is 2.18. The predicted molar refractivity (Wildman–Crippen MR) is 137 cm³/mol. The monoisotopic (exact) mass is 470 g/mol. The molecule has 0 saturated heterocycles. The van der Waals surface area contributed by atoms with Crippen LogP contribution in [-0.4, -0.2) is 38.5 Å². The van der Waals surface area contributed by atoms with Crippen molar-refractivity contribution in [2.45, 2.75) is 89.6 Å². The lowest BCUT2D eigenvalue weighted by Gasteiger charge is -2.24. The first-order chi connectivity index (χ1) is 16.7. The number of allylic oxidation sites excluding steroid dienone is 2. The van der Waals surface area contributed by atoms with Gasteiger partial charge in [0.1, 0.15) is 18.0 Å². The van der Waals surface area contributed by atoms with E-state index in [1.807, 2.05) is 36.4 Å². The van der Waals surface area contributed by atoms with E-state index in [9.17, 15) is 4.79 Å². The van der Waals surface area contributed by atoms with Gasteiger partial charge in [-0.3, -0.25) is 4.79 Å². The van der Waals surface area contributed by atoms with Crippen molar-refractivity contribution in [1.29, 1.82) is 0 Å². The van der Waals surface area contributed by atoms with Crippen LogP contribution in [0.4, 0.5) is 0 Å². The number of hydrogen-bond acceptors (Lipinski definition) is 5. The summed E-state index contributed by atoms with van der Waals surface area (Å²) in [4.78, 5) is 12.0. The van der Waals surface area contributed by atoms with Gasteiger partial charge < -0.3 is 18.9 Å². The number of cyclic esters (lactones) is 1. The zero-order valence-electron chi connectivity index (χ0n) is 21.1. The molecule has 0 radical (unpaired) electrons. The third kappa shape index (κ3) is 11.2. The minimum Gasteiger partial charge on any atom is -0.497 e. The van der Waals surface area contributed by atoms with Crippen LogP contribution < -0.4 is 4.74 Å². The van der Waals surface area contributed by atoms with Crippen LogP contribution in [-0.2, 0) is 25.6 Å². The molecule has 0 fully saturated rings. The van der Waals surface area contributed by atoms with Crippen LogP contribution in [0, 0.1) is 0 Å². The average molecular weight is 471 g/mol. The summed E-state index contributed by atoms with van der Waals surface area (Å²) in [6.45, 7) is 2.69. The Bertz CT molecular complexity index is 765. The number of hydrogen-bond donors (Lipinski definition) is 0. The summed E-state index contributed by atoms with van der Waals surface area (Å²) in [5, 5.41) is 0. The van der Waals surface area contributed by atoms with E-state index in [2.05, 4.69) is 31.2 Å². The van der Waals surface area contributed by atoms with Gasteiger partial charge in [0.25, 0.3) is 0 Å². The lowest BCUT2D eigenvalue weighted by molar-refractivity contribution is -0.146. The summed E-state index contributed by atoms with van der Waals surface area (Å²) in [7, 11) is 3.35. The molecule has 1 heterocycles. The van der Waals surface area contributed by atoms with Crippen molar-refractivity contribution in [3.8, 4) is 5.75 Å². The molecule has 5 heteroatoms. The number of methoxy groups -OCH3 is 2. The zero-order valence-corrected chi connectivity index (χ0v) is 21.1. The molecule has 0 bridgehead atoms. The second-order valence-corrected chi connectivity index (χ2v) is 8.61. The molecule has 1 aromatic rings. The van der Waals surface area contributed by atoms with Crippen LogP contribution in [0.2, 0.25) is 0 Å². The van der Waals surface area contributed by atoms with Crippen LogP contribution in [0.3, 0.4) is 0 Å². The smallest absolute Gasteiger partial charge is 0.306 e. The summed E-state index contributed by atoms with van der Waals surface area (Å²) in [5.74, 6) is 0.682. The molecular formula is C29H42O5. The van der Waals surface area contributed by atoms with Gasteiger partial charge in [0, 0.05) is 20.0 Å². The molecule has 1 aromatic carbocycles. The Hall–Kier alpha value is -2.37. The van der Waals surface area contributed by atoms with Crippen LogP contribution in [0.15, 0.2) is 60.7 Å². The second kappa shape index (κ2) is 17.1. The lowest BCUT2D eigenvalue weighted by atomic mass is 10.1. The molecule has 0 amide bonds. The highest BCUT2D eigenvalue weighted by molar-refractivity contribution is 5.69. The minimum atomic E-state index is -0.286. The number of ether oxygens (including phenoxy) is 4. The maximum absolute atomic E-state index is 12.0. The molecule has 0 spiro atoms. The lowest BCUT2D eigenvalue weighted by Crippen LogP contribution is -2.29. The minimum absolute atomic E-state index is 0.144. The van der Waals surface area contributed by atoms with Crippen LogP contribution in [0.25, 0.3) is 0 Å². The first-order valence-electron chi connectivity index (χ1n) is 12.6. The first-order valence-corrected chi connectivity index (χ1v) is 12.6. The van der Waals surface area contributed by atoms with E-state index in [4.69, 9.17) is 18.9 Å². The van der Waals surface area contributed by atoms with Crippen LogP contribution in [0.1, 0.15) is 70.3 Å². The molecule has 0 unspecified atom stereocenters. The average Bonchev–Trinajstić information content (AvgIpc) is 2.96. The molecule has 0 N–H and O–H groups in total. The third-order valence-corrected chi connectivity index (χ3v) is 5.86. The summed E-state index contributed by atoms with van der Waals surface area (Å²) in [6.07, 6.45) is 20.2. The third-order valence-electron chi connectivity index (χ3n) is 5.86. The van der Waals surface area contributed by atoms with E-state index >= 15 is 0 Å². The molecule has 34 heavy (non-hydrogen) atoms. The van der Waals surface area contributed by atoms with E-state index in [0.29, 0.717) is 19.4 Å². The van der Waals surface area contributed by atoms with Gasteiger partial charge in [-0.1, -0.05) is 62.3 Å². The number of carbonyl (C=O) groups excluding carboxylic acids is 1. The Labute approximate surface area is 205 Å². The number of rotatable bonds is 14. The normalized spacial score (nSPS) is 19.9. The molecule has 0 aliphatic carbocycles. The fourth-order valence-electron chi connectivity index (χ4n) is 3.78. The maximum atomic E-state index is 12.0. The van der Waals surface area contributed by atoms with Crippen LogP contribution >= 0.6 is 0 Å². The fourth-order valence-corrected chi connectivity index (χ4v) is 3.78. The van der Waals surface area contributed by atoms with Crippen molar-refractivity contribution in [1.82, 2.24) is 0 Å². The van der Waals surface area contributed by atoms with Crippen molar-refractivity contribution in [3.63, 3.8) is 0 Å². The second-order valence-electron chi connectivity index (χ2n) is 8.61. The van der Waals surface area contributed by atoms with Gasteiger partial charge >= 0.3 is 5.97 Å². The van der Waals surface area contributed by atoms with E-state index in [0.717, 1.165) is 37.0 Å². The Morgan fingerprint density at radius 1 is 1.12 bits per heavy atom. The summed E-state index contributed by atoms with van der Waals surface area (Å²) < 4.78 is 23.0. The van der Waals surface area contributed by atoms with Gasteiger partial charge in [-0.2, -0.15) is 0 Å². The van der Waals surface area contributed by atoms with Gasteiger partial charge in [0.2, 0.25) is 0 Å². The maximum Gasteiger partial charge on any atom is 0.306 e. The van der Waals surface area contributed by atoms with Crippen molar-refractivity contribution < 1.29 is 23.7 Å². The number of esters is 1. The molecule has 188 valence electrons. The van der Waals surface area contributed by atoms with Crippen molar-refractivity contribution in [3.05, 3.63) is 66.3 Å². The highest BCUT2D eigenvalue weighted by Gasteiger charge is 2.20. The number of benzene rings is 1. The zero-order chi connectivity index (χ0) is 24.4. The van der Waals surface area contributed by atoms with E-state index in [1.165, 1.54) is 19.3 Å². The van der Waals surface area contributed by atoms with Gasteiger partial charge in [-0.15, -0.1) is 0 Å². The molecule has 0 aromatic heterocycles. The van der Waals surface area contributed by atoms with E-state index in [1.54, 1.807) is 14.2 Å². The molecule has 1 aliphatic heterocycles. The van der Waals surface area contributed by atoms with Gasteiger partial charge in [0.05, 0.1) is 19.8 Å². The number of unbranched alkanes of at least 4 members (excludes halogenated alkanes) is 3. The Balaban J connectivity index is 2.05. The molecular weight excluding hydrogens is 428 g/mol. The fraction of sp³-hybridized carbons (Fsp3) is 0.552. The quantitative estimate of drug-likeness (QED) is 0.172. The van der Waals surface area contributed by atoms with Gasteiger partial charge in [0.15, 0.2) is 0 Å². The molecule has 0 saturated carbocycles. The highest BCUT2D eigenvalue weighted by atomic mass is 16.5. The van der Waals surface area contributed by atoms with Crippen molar-refractivity contribution in [2.75, 3.05) is 14.2 Å². The first kappa shape index (κ1) is 27.9. The standard InChI is InChI=1S/C29H42O5/c1-4-5-6-7-8-12-15-28(33-23-24-17-19-25(31-2)20-18-24)27(32-3)22-21-26-14-11-9-10-13-16-29(30)34-26/h8-9,11-12,17-22,26-28H,4-7,10,13-16,23H2,1-3H3/b11-9-,12-8-,22-21+/t26-,27+,28+/m1/s1. The predicted octanol–water partition coefficient (Wildman–Crippen LogP) is 6.72. The summed E-state index contributed by atoms with van der Waals surface area (Å²) in [5.41, 5.74) is 1.08. The SMILES string of the molecule is CCCCC/C=C\C[C@H](OCc1ccc(OC)cc1)[C@H](/C=C/[C@H]1C/C=C\CCCC(=O)O1)OC. The topological polar surface area (TPSA) is 54.0 Å². The molecule has 5 nitrogen and oxygen atoms in total. The van der Waals surface area contributed by atoms with E-state index in [-0.39, 0.29) is 24.3 Å². The molecule has 1 aliphatic rings. The summed E-state index contributed by atoms with van der Waals surface area (Å²) >= 11 is 0. The Morgan fingerprint density at radius 2 is 1.94 bits per heavy atom. The molecule has 2 rings (SSSR count). The van der Waals surface area contributed by atoms with Gasteiger partial charge in [-0.25, -0.2) is 0 Å². The van der Waals surface area contributed by atoms with Crippen LogP contribution in [0.5, 0.6) is 5.75 Å². The summed E-state index contributed by atoms with van der Waals surface area (Å²) in [6, 6.07) is 7.90. The van der Waals surface area contributed by atoms with E-state index < -0.39 is 0 Å². The number of carbonyl (C=O) groups is 1. The molecule has 3 atom stereocenters. The van der Waals surface area contributed by atoms with Gasteiger partial charge in [-0.05, 0) is 55.9 Å². The Morgan fingerprint density at radius 3 is 2.68 bits per heavy atom.